The van der Waals surface area contributed by atoms with Crippen LogP contribution in [0.3, 0.4) is 0 Å². The Balaban J connectivity index is 1.98. The van der Waals surface area contributed by atoms with Crippen molar-refractivity contribution in [3.05, 3.63) is 54.0 Å². The molecule has 3 aromatic rings. The highest BCUT2D eigenvalue weighted by atomic mass is 15.2. The molecule has 0 saturated heterocycles. The van der Waals surface area contributed by atoms with Gasteiger partial charge in [-0.25, -0.2) is 9.97 Å². The third kappa shape index (κ3) is 2.18. The quantitative estimate of drug-likeness (QED) is 0.790. The Hall–Kier alpha value is -2.56. The van der Waals surface area contributed by atoms with Gasteiger partial charge < -0.3 is 15.0 Å². The van der Waals surface area contributed by atoms with E-state index in [4.69, 9.17) is 5.73 Å². The zero-order valence-electron chi connectivity index (χ0n) is 11.6. The van der Waals surface area contributed by atoms with E-state index in [2.05, 4.69) is 33.9 Å². The van der Waals surface area contributed by atoms with Crippen molar-refractivity contribution in [2.24, 2.45) is 0 Å². The number of aromatic nitrogens is 3. The third-order valence-corrected chi connectivity index (χ3v) is 3.41. The van der Waals surface area contributed by atoms with Gasteiger partial charge in [0.15, 0.2) is 11.5 Å². The monoisotopic (exact) mass is 267 g/mol. The zero-order valence-corrected chi connectivity index (χ0v) is 11.6. The number of hydrogen-bond acceptors (Lipinski definition) is 4. The van der Waals surface area contributed by atoms with Gasteiger partial charge in [-0.15, -0.1) is 0 Å². The zero-order chi connectivity index (χ0) is 14.1. The van der Waals surface area contributed by atoms with Crippen LogP contribution in [0, 0.1) is 6.92 Å². The SMILES string of the molecule is Cc1ccccc1CN(C)c1nc(N)cn2ccnc12. The summed E-state index contributed by atoms with van der Waals surface area (Å²) in [5, 5.41) is 0. The average molecular weight is 267 g/mol. The summed E-state index contributed by atoms with van der Waals surface area (Å²) in [6.07, 6.45) is 5.40. The summed E-state index contributed by atoms with van der Waals surface area (Å²) in [7, 11) is 2.00. The van der Waals surface area contributed by atoms with Gasteiger partial charge in [-0.3, -0.25) is 0 Å². The van der Waals surface area contributed by atoms with E-state index in [1.807, 2.05) is 29.8 Å². The van der Waals surface area contributed by atoms with Gasteiger partial charge in [0, 0.05) is 26.0 Å². The van der Waals surface area contributed by atoms with Crippen LogP contribution in [-0.4, -0.2) is 21.4 Å². The van der Waals surface area contributed by atoms with E-state index in [0.717, 1.165) is 18.0 Å². The first-order valence-corrected chi connectivity index (χ1v) is 6.50. The molecule has 0 saturated carbocycles. The maximum absolute atomic E-state index is 5.86. The molecule has 0 aliphatic heterocycles. The number of aryl methyl sites for hydroxylation is 1. The number of hydrogen-bond donors (Lipinski definition) is 1. The third-order valence-electron chi connectivity index (χ3n) is 3.41. The van der Waals surface area contributed by atoms with Gasteiger partial charge >= 0.3 is 0 Å². The standard InChI is InChI=1S/C15H17N5/c1-11-5-3-4-6-12(11)9-19(2)15-14-17-7-8-20(14)10-13(16)18-15/h3-8,10H,9,16H2,1-2H3. The Labute approximate surface area is 117 Å². The van der Waals surface area contributed by atoms with Gasteiger partial charge in [0.1, 0.15) is 5.82 Å². The first kappa shape index (κ1) is 12.5. The maximum atomic E-state index is 5.86. The van der Waals surface area contributed by atoms with Crippen LogP contribution in [0.4, 0.5) is 11.6 Å². The molecule has 0 radical (unpaired) electrons. The number of nitrogen functional groups attached to an aromatic ring is 1. The van der Waals surface area contributed by atoms with E-state index in [-0.39, 0.29) is 0 Å². The highest BCUT2D eigenvalue weighted by molar-refractivity contribution is 5.66. The molecule has 102 valence electrons. The largest absolute Gasteiger partial charge is 0.382 e. The van der Waals surface area contributed by atoms with Crippen molar-refractivity contribution in [3.8, 4) is 0 Å². The fraction of sp³-hybridized carbons (Fsp3) is 0.200. The molecule has 0 unspecified atom stereocenters. The number of fused-ring (bicyclic) bond motifs is 1. The lowest BCUT2D eigenvalue weighted by atomic mass is 10.1. The summed E-state index contributed by atoms with van der Waals surface area (Å²) in [4.78, 5) is 10.8. The Bertz CT molecular complexity index is 747. The molecule has 5 nitrogen and oxygen atoms in total. The van der Waals surface area contributed by atoms with E-state index >= 15 is 0 Å². The van der Waals surface area contributed by atoms with Crippen molar-refractivity contribution >= 4 is 17.3 Å². The minimum absolute atomic E-state index is 0.488. The fourth-order valence-electron chi connectivity index (χ4n) is 2.31. The Kier molecular flexibility index (Phi) is 3.02. The van der Waals surface area contributed by atoms with Crippen LogP contribution in [0.25, 0.3) is 5.65 Å². The molecule has 2 heterocycles. The summed E-state index contributed by atoms with van der Waals surface area (Å²) < 4.78 is 1.89. The molecule has 0 bridgehead atoms. The van der Waals surface area contributed by atoms with Crippen LogP contribution in [-0.2, 0) is 6.54 Å². The van der Waals surface area contributed by atoms with E-state index in [0.29, 0.717) is 5.82 Å². The first-order chi connectivity index (χ1) is 9.65. The van der Waals surface area contributed by atoms with Gasteiger partial charge in [-0.1, -0.05) is 24.3 Å². The number of anilines is 2. The Morgan fingerprint density at radius 3 is 2.90 bits per heavy atom. The van der Waals surface area contributed by atoms with E-state index in [9.17, 15) is 0 Å². The van der Waals surface area contributed by atoms with Crippen molar-refractivity contribution in [1.82, 2.24) is 14.4 Å². The van der Waals surface area contributed by atoms with Crippen molar-refractivity contribution in [3.63, 3.8) is 0 Å². The number of nitrogens with zero attached hydrogens (tertiary/aromatic N) is 4. The Morgan fingerprint density at radius 1 is 1.30 bits per heavy atom. The van der Waals surface area contributed by atoms with Crippen LogP contribution in [0.15, 0.2) is 42.9 Å². The number of nitrogens with two attached hydrogens (primary N) is 1. The predicted molar refractivity (Wildman–Crippen MR) is 80.7 cm³/mol. The van der Waals surface area contributed by atoms with E-state index < -0.39 is 0 Å². The smallest absolute Gasteiger partial charge is 0.180 e. The summed E-state index contributed by atoms with van der Waals surface area (Å²) in [6, 6.07) is 8.33. The average Bonchev–Trinajstić information content (AvgIpc) is 2.88. The molecular formula is C15H17N5. The minimum atomic E-state index is 0.488. The lowest BCUT2D eigenvalue weighted by Crippen LogP contribution is -2.20. The van der Waals surface area contributed by atoms with Gasteiger partial charge in [-0.05, 0) is 18.1 Å². The molecule has 2 aromatic heterocycles. The number of benzene rings is 1. The lowest BCUT2D eigenvalue weighted by Gasteiger charge is -2.20. The van der Waals surface area contributed by atoms with Crippen molar-refractivity contribution in [2.75, 3.05) is 17.7 Å². The fourth-order valence-corrected chi connectivity index (χ4v) is 2.31. The normalized spacial score (nSPS) is 10.9. The van der Waals surface area contributed by atoms with Crippen LogP contribution in [0.2, 0.25) is 0 Å². The van der Waals surface area contributed by atoms with Crippen molar-refractivity contribution in [1.29, 1.82) is 0 Å². The molecule has 0 spiro atoms. The maximum Gasteiger partial charge on any atom is 0.180 e. The molecular weight excluding hydrogens is 250 g/mol. The van der Waals surface area contributed by atoms with Crippen molar-refractivity contribution < 1.29 is 0 Å². The number of imidazole rings is 1. The molecule has 0 aliphatic rings. The second kappa shape index (κ2) is 4.85. The van der Waals surface area contributed by atoms with Crippen LogP contribution in [0.5, 0.6) is 0 Å². The molecule has 5 heteroatoms. The molecule has 0 amide bonds. The van der Waals surface area contributed by atoms with Gasteiger partial charge in [-0.2, -0.15) is 0 Å². The van der Waals surface area contributed by atoms with Crippen molar-refractivity contribution in [2.45, 2.75) is 13.5 Å². The lowest BCUT2D eigenvalue weighted by molar-refractivity contribution is 0.887. The molecule has 3 rings (SSSR count). The van der Waals surface area contributed by atoms with E-state index in [1.165, 1.54) is 11.1 Å². The number of rotatable bonds is 3. The summed E-state index contributed by atoms with van der Waals surface area (Å²) >= 11 is 0. The summed E-state index contributed by atoms with van der Waals surface area (Å²) in [5.74, 6) is 1.28. The summed E-state index contributed by atoms with van der Waals surface area (Å²) in [6.45, 7) is 2.88. The minimum Gasteiger partial charge on any atom is -0.382 e. The Morgan fingerprint density at radius 2 is 2.10 bits per heavy atom. The molecule has 0 atom stereocenters. The van der Waals surface area contributed by atoms with Gasteiger partial charge in [0.2, 0.25) is 0 Å². The molecule has 2 N–H and O–H groups in total. The first-order valence-electron chi connectivity index (χ1n) is 6.50. The van der Waals surface area contributed by atoms with Gasteiger partial charge in [0.05, 0.1) is 6.20 Å². The second-order valence-corrected chi connectivity index (χ2v) is 4.93. The van der Waals surface area contributed by atoms with Crippen LogP contribution >= 0.6 is 0 Å². The topological polar surface area (TPSA) is 59.5 Å². The molecule has 0 fully saturated rings. The highest BCUT2D eigenvalue weighted by Crippen LogP contribution is 2.21. The van der Waals surface area contributed by atoms with Crippen LogP contribution < -0.4 is 10.6 Å². The molecule has 20 heavy (non-hydrogen) atoms. The van der Waals surface area contributed by atoms with Crippen LogP contribution in [0.1, 0.15) is 11.1 Å². The van der Waals surface area contributed by atoms with Gasteiger partial charge in [0.25, 0.3) is 0 Å². The summed E-state index contributed by atoms with van der Waals surface area (Å²) in [5.41, 5.74) is 9.21. The second-order valence-electron chi connectivity index (χ2n) is 4.93. The predicted octanol–water partition coefficient (Wildman–Crippen LogP) is 2.26. The molecule has 1 aromatic carbocycles. The highest BCUT2D eigenvalue weighted by Gasteiger charge is 2.12. The molecule has 0 aliphatic carbocycles. The van der Waals surface area contributed by atoms with E-state index in [1.54, 1.807) is 12.4 Å².